The summed E-state index contributed by atoms with van der Waals surface area (Å²) in [6.45, 7) is 5.42. The monoisotopic (exact) mass is 180 g/mol. The molecule has 2 heterocycles. The van der Waals surface area contributed by atoms with Crippen molar-refractivity contribution in [2.75, 3.05) is 11.9 Å². The van der Waals surface area contributed by atoms with Gasteiger partial charge in [0.05, 0.1) is 5.69 Å². The summed E-state index contributed by atoms with van der Waals surface area (Å²) in [5.74, 6) is 1.48. The molecule has 1 aliphatic rings. The highest BCUT2D eigenvalue weighted by Gasteiger charge is 2.24. The van der Waals surface area contributed by atoms with Crippen LogP contribution >= 0.6 is 0 Å². The van der Waals surface area contributed by atoms with E-state index in [-0.39, 0.29) is 0 Å². The van der Waals surface area contributed by atoms with E-state index >= 15 is 0 Å². The normalized spacial score (nSPS) is 14.7. The van der Waals surface area contributed by atoms with Crippen molar-refractivity contribution in [2.24, 2.45) is 0 Å². The molecule has 0 unspecified atom stereocenters. The Morgan fingerprint density at radius 2 is 2.23 bits per heavy atom. The van der Waals surface area contributed by atoms with Gasteiger partial charge in [0, 0.05) is 18.0 Å². The Balaban J connectivity index is 2.29. The van der Waals surface area contributed by atoms with Gasteiger partial charge in [-0.2, -0.15) is 0 Å². The van der Waals surface area contributed by atoms with Crippen molar-refractivity contribution < 1.29 is 4.52 Å². The second kappa shape index (κ2) is 3.40. The van der Waals surface area contributed by atoms with Crippen LogP contribution in [0, 0.1) is 0 Å². The third-order valence-corrected chi connectivity index (χ3v) is 2.85. The van der Waals surface area contributed by atoms with Gasteiger partial charge in [-0.05, 0) is 19.3 Å². The third-order valence-electron chi connectivity index (χ3n) is 2.85. The van der Waals surface area contributed by atoms with Crippen molar-refractivity contribution in [1.82, 2.24) is 5.16 Å². The van der Waals surface area contributed by atoms with Crippen molar-refractivity contribution in [2.45, 2.75) is 39.0 Å². The molecule has 0 aromatic carbocycles. The lowest BCUT2D eigenvalue weighted by atomic mass is 9.96. The van der Waals surface area contributed by atoms with E-state index in [1.807, 2.05) is 0 Å². The van der Waals surface area contributed by atoms with Gasteiger partial charge in [0.15, 0.2) is 0 Å². The molecule has 1 aliphatic heterocycles. The fraction of sp³-hybridized carbons (Fsp3) is 0.700. The van der Waals surface area contributed by atoms with Crippen LogP contribution in [0.15, 0.2) is 4.52 Å². The van der Waals surface area contributed by atoms with Crippen LogP contribution in [-0.4, -0.2) is 11.7 Å². The molecule has 1 N–H and O–H groups in total. The SMILES string of the molecule is CCC(CC)c1noc2c1CCN2. The summed E-state index contributed by atoms with van der Waals surface area (Å²) >= 11 is 0. The van der Waals surface area contributed by atoms with Gasteiger partial charge in [-0.3, -0.25) is 0 Å². The Bertz CT molecular complexity index is 289. The van der Waals surface area contributed by atoms with Crippen molar-refractivity contribution in [3.05, 3.63) is 11.3 Å². The summed E-state index contributed by atoms with van der Waals surface area (Å²) in [5, 5.41) is 7.34. The quantitative estimate of drug-likeness (QED) is 0.776. The minimum Gasteiger partial charge on any atom is -0.353 e. The van der Waals surface area contributed by atoms with Crippen molar-refractivity contribution >= 4 is 5.88 Å². The largest absolute Gasteiger partial charge is 0.353 e. The average Bonchev–Trinajstić information content (AvgIpc) is 2.70. The fourth-order valence-corrected chi connectivity index (χ4v) is 2.00. The molecule has 0 saturated carbocycles. The number of nitrogens with one attached hydrogen (secondary N) is 1. The molecule has 0 spiro atoms. The van der Waals surface area contributed by atoms with Gasteiger partial charge in [-0.25, -0.2) is 0 Å². The predicted molar refractivity (Wildman–Crippen MR) is 52.0 cm³/mol. The van der Waals surface area contributed by atoms with Crippen LogP contribution < -0.4 is 5.32 Å². The molecule has 2 rings (SSSR count). The standard InChI is InChI=1S/C10H16N2O/c1-3-7(4-2)9-8-5-6-11-10(8)13-12-9/h7,11H,3-6H2,1-2H3. The molecule has 0 amide bonds. The number of aromatic nitrogens is 1. The van der Waals surface area contributed by atoms with Crippen LogP contribution in [0.2, 0.25) is 0 Å². The number of fused-ring (bicyclic) bond motifs is 1. The maximum Gasteiger partial charge on any atom is 0.228 e. The summed E-state index contributed by atoms with van der Waals surface area (Å²) in [4.78, 5) is 0. The first-order valence-corrected chi connectivity index (χ1v) is 5.09. The maximum atomic E-state index is 5.23. The molecular formula is C10H16N2O. The summed E-state index contributed by atoms with van der Waals surface area (Å²) in [6, 6.07) is 0. The van der Waals surface area contributed by atoms with E-state index in [0.29, 0.717) is 5.92 Å². The molecule has 0 atom stereocenters. The Hall–Kier alpha value is -0.990. The number of anilines is 1. The lowest BCUT2D eigenvalue weighted by Crippen LogP contribution is -2.00. The zero-order chi connectivity index (χ0) is 9.26. The fourth-order valence-electron chi connectivity index (χ4n) is 2.00. The molecule has 13 heavy (non-hydrogen) atoms. The van der Waals surface area contributed by atoms with E-state index in [1.165, 1.54) is 11.3 Å². The van der Waals surface area contributed by atoms with E-state index in [2.05, 4.69) is 24.3 Å². The second-order valence-corrected chi connectivity index (χ2v) is 3.57. The Labute approximate surface area is 78.5 Å². The van der Waals surface area contributed by atoms with Crippen LogP contribution in [0.4, 0.5) is 5.88 Å². The first-order chi connectivity index (χ1) is 6.36. The molecule has 0 bridgehead atoms. The smallest absolute Gasteiger partial charge is 0.228 e. The van der Waals surface area contributed by atoms with Crippen molar-refractivity contribution in [1.29, 1.82) is 0 Å². The first kappa shape index (κ1) is 8.60. The Morgan fingerprint density at radius 3 is 2.92 bits per heavy atom. The van der Waals surface area contributed by atoms with E-state index in [1.54, 1.807) is 0 Å². The molecular weight excluding hydrogens is 164 g/mol. The van der Waals surface area contributed by atoms with Crippen LogP contribution in [0.25, 0.3) is 0 Å². The minimum atomic E-state index is 0.576. The second-order valence-electron chi connectivity index (χ2n) is 3.57. The van der Waals surface area contributed by atoms with E-state index in [0.717, 1.165) is 31.7 Å². The van der Waals surface area contributed by atoms with Gasteiger partial charge < -0.3 is 9.84 Å². The lowest BCUT2D eigenvalue weighted by molar-refractivity contribution is 0.413. The summed E-state index contributed by atoms with van der Waals surface area (Å²) in [5.41, 5.74) is 2.50. The van der Waals surface area contributed by atoms with Gasteiger partial charge >= 0.3 is 0 Å². The maximum absolute atomic E-state index is 5.23. The molecule has 1 aromatic heterocycles. The highest BCUT2D eigenvalue weighted by molar-refractivity contribution is 5.49. The molecule has 3 heteroatoms. The molecule has 0 aliphatic carbocycles. The number of hydrogen-bond donors (Lipinski definition) is 1. The number of hydrogen-bond acceptors (Lipinski definition) is 3. The molecule has 0 fully saturated rings. The van der Waals surface area contributed by atoms with E-state index < -0.39 is 0 Å². The van der Waals surface area contributed by atoms with Gasteiger partial charge in [0.2, 0.25) is 5.88 Å². The predicted octanol–water partition coefficient (Wildman–Crippen LogP) is 2.55. The highest BCUT2D eigenvalue weighted by atomic mass is 16.5. The van der Waals surface area contributed by atoms with Crippen LogP contribution in [-0.2, 0) is 6.42 Å². The van der Waals surface area contributed by atoms with Crippen molar-refractivity contribution in [3.8, 4) is 0 Å². The number of rotatable bonds is 3. The Kier molecular flexibility index (Phi) is 2.25. The topological polar surface area (TPSA) is 38.1 Å². The molecule has 3 nitrogen and oxygen atoms in total. The van der Waals surface area contributed by atoms with Gasteiger partial charge in [0.25, 0.3) is 0 Å². The average molecular weight is 180 g/mol. The first-order valence-electron chi connectivity index (χ1n) is 5.09. The highest BCUT2D eigenvalue weighted by Crippen LogP contribution is 2.32. The molecule has 0 saturated heterocycles. The van der Waals surface area contributed by atoms with Crippen LogP contribution in [0.1, 0.15) is 43.9 Å². The van der Waals surface area contributed by atoms with E-state index in [4.69, 9.17) is 4.52 Å². The lowest BCUT2D eigenvalue weighted by Gasteiger charge is -2.08. The van der Waals surface area contributed by atoms with Crippen LogP contribution in [0.3, 0.4) is 0 Å². The summed E-state index contributed by atoms with van der Waals surface area (Å²) in [7, 11) is 0. The minimum absolute atomic E-state index is 0.576. The van der Waals surface area contributed by atoms with E-state index in [9.17, 15) is 0 Å². The molecule has 72 valence electrons. The number of nitrogens with zero attached hydrogens (tertiary/aromatic N) is 1. The summed E-state index contributed by atoms with van der Waals surface area (Å²) < 4.78 is 5.23. The Morgan fingerprint density at radius 1 is 1.46 bits per heavy atom. The van der Waals surface area contributed by atoms with Gasteiger partial charge in [-0.1, -0.05) is 19.0 Å². The molecule has 0 radical (unpaired) electrons. The molecule has 1 aromatic rings. The zero-order valence-electron chi connectivity index (χ0n) is 8.26. The van der Waals surface area contributed by atoms with Gasteiger partial charge in [0.1, 0.15) is 0 Å². The van der Waals surface area contributed by atoms with Crippen molar-refractivity contribution in [3.63, 3.8) is 0 Å². The van der Waals surface area contributed by atoms with Gasteiger partial charge in [-0.15, -0.1) is 0 Å². The van der Waals surface area contributed by atoms with Crippen LogP contribution in [0.5, 0.6) is 0 Å². The zero-order valence-corrected chi connectivity index (χ0v) is 8.26. The third kappa shape index (κ3) is 1.32. The summed E-state index contributed by atoms with van der Waals surface area (Å²) in [6.07, 6.45) is 3.37.